The van der Waals surface area contributed by atoms with Gasteiger partial charge in [-0.25, -0.2) is 9.98 Å². The number of nitrogens with zero attached hydrogens (tertiary/aromatic N) is 3. The first-order valence-corrected chi connectivity index (χ1v) is 9.52. The molecular formula is C21H30IN5. The molecule has 2 heterocycles. The number of nitrogens with one attached hydrogen (secondary N) is 1. The summed E-state index contributed by atoms with van der Waals surface area (Å²) in [7, 11) is 0. The molecule has 1 saturated heterocycles. The molecule has 1 aliphatic rings. The summed E-state index contributed by atoms with van der Waals surface area (Å²) in [5.74, 6) is 2.05. The highest BCUT2D eigenvalue weighted by molar-refractivity contribution is 14.0. The maximum absolute atomic E-state index is 6.02. The zero-order chi connectivity index (χ0) is 18.4. The van der Waals surface area contributed by atoms with Crippen LogP contribution >= 0.6 is 24.0 Å². The highest BCUT2D eigenvalue weighted by Gasteiger charge is 2.12. The van der Waals surface area contributed by atoms with Crippen LogP contribution in [0.15, 0.2) is 47.6 Å². The molecule has 5 nitrogen and oxygen atoms in total. The average molecular weight is 479 g/mol. The van der Waals surface area contributed by atoms with Crippen molar-refractivity contribution >= 4 is 41.4 Å². The molecule has 3 rings (SSSR count). The fourth-order valence-electron chi connectivity index (χ4n) is 3.14. The summed E-state index contributed by atoms with van der Waals surface area (Å²) in [6, 6.07) is 12.5. The summed E-state index contributed by atoms with van der Waals surface area (Å²) in [6.07, 6.45) is 5.55. The molecular weight excluding hydrogens is 449 g/mol. The third-order valence-corrected chi connectivity index (χ3v) is 5.04. The van der Waals surface area contributed by atoms with Crippen LogP contribution in [0.3, 0.4) is 0 Å². The first-order valence-electron chi connectivity index (χ1n) is 9.52. The Morgan fingerprint density at radius 1 is 1.19 bits per heavy atom. The van der Waals surface area contributed by atoms with E-state index in [1.54, 1.807) is 0 Å². The molecule has 1 fully saturated rings. The van der Waals surface area contributed by atoms with Crippen molar-refractivity contribution in [2.24, 2.45) is 10.7 Å². The molecule has 3 N–H and O–H groups in total. The first-order chi connectivity index (χ1) is 12.7. The number of guanidine groups is 1. The van der Waals surface area contributed by atoms with Gasteiger partial charge in [0.15, 0.2) is 5.96 Å². The first kappa shape index (κ1) is 21.5. The molecule has 2 aromatic rings. The molecule has 1 unspecified atom stereocenters. The van der Waals surface area contributed by atoms with Gasteiger partial charge in [0.05, 0.1) is 6.54 Å². The maximum Gasteiger partial charge on any atom is 0.193 e. The molecule has 1 aromatic heterocycles. The summed E-state index contributed by atoms with van der Waals surface area (Å²) < 4.78 is 0. The summed E-state index contributed by atoms with van der Waals surface area (Å²) in [5, 5.41) is 3.15. The van der Waals surface area contributed by atoms with Gasteiger partial charge in [0.2, 0.25) is 0 Å². The van der Waals surface area contributed by atoms with Crippen LogP contribution in [0.25, 0.3) is 0 Å². The molecule has 0 radical (unpaired) electrons. The van der Waals surface area contributed by atoms with Crippen molar-refractivity contribution < 1.29 is 0 Å². The molecule has 6 heteroatoms. The van der Waals surface area contributed by atoms with E-state index in [9.17, 15) is 0 Å². The van der Waals surface area contributed by atoms with E-state index in [1.807, 2.05) is 6.20 Å². The summed E-state index contributed by atoms with van der Waals surface area (Å²) in [6.45, 7) is 7.18. The SMILES string of the molecule is CCC(C)c1ccc(NC(N)=NCc2ccc(N3CCCC3)nc2)cc1.I. The lowest BCUT2D eigenvalue weighted by atomic mass is 9.99. The number of aromatic nitrogens is 1. The van der Waals surface area contributed by atoms with Gasteiger partial charge in [0.25, 0.3) is 0 Å². The van der Waals surface area contributed by atoms with Crippen molar-refractivity contribution in [3.8, 4) is 0 Å². The second kappa shape index (κ2) is 10.5. The van der Waals surface area contributed by atoms with E-state index < -0.39 is 0 Å². The van der Waals surface area contributed by atoms with Gasteiger partial charge >= 0.3 is 0 Å². The van der Waals surface area contributed by atoms with E-state index >= 15 is 0 Å². The molecule has 1 aliphatic heterocycles. The number of anilines is 2. The Bertz CT molecular complexity index is 721. The Morgan fingerprint density at radius 3 is 2.48 bits per heavy atom. The van der Waals surface area contributed by atoms with Crippen LogP contribution in [0.1, 0.15) is 50.2 Å². The molecule has 0 aliphatic carbocycles. The maximum atomic E-state index is 6.02. The van der Waals surface area contributed by atoms with Gasteiger partial charge in [-0.3, -0.25) is 0 Å². The summed E-state index contributed by atoms with van der Waals surface area (Å²) >= 11 is 0. The van der Waals surface area contributed by atoms with Crippen LogP contribution in [-0.2, 0) is 6.54 Å². The molecule has 1 aromatic carbocycles. The molecule has 0 spiro atoms. The molecule has 0 bridgehead atoms. The molecule has 27 heavy (non-hydrogen) atoms. The molecule has 146 valence electrons. The van der Waals surface area contributed by atoms with Crippen molar-refractivity contribution in [1.82, 2.24) is 4.98 Å². The monoisotopic (exact) mass is 479 g/mol. The summed E-state index contributed by atoms with van der Waals surface area (Å²) in [4.78, 5) is 11.3. The van der Waals surface area contributed by atoms with E-state index in [0.717, 1.165) is 36.6 Å². The van der Waals surface area contributed by atoms with Gasteiger partial charge in [-0.05, 0) is 54.5 Å². The smallest absolute Gasteiger partial charge is 0.193 e. The van der Waals surface area contributed by atoms with Crippen LogP contribution in [0.2, 0.25) is 0 Å². The number of nitrogens with two attached hydrogens (primary N) is 1. The van der Waals surface area contributed by atoms with Crippen LogP contribution in [0.5, 0.6) is 0 Å². The minimum atomic E-state index is 0. The number of hydrogen-bond acceptors (Lipinski definition) is 3. The van der Waals surface area contributed by atoms with Crippen molar-refractivity contribution in [1.29, 1.82) is 0 Å². The van der Waals surface area contributed by atoms with Gasteiger partial charge < -0.3 is 16.0 Å². The number of benzene rings is 1. The highest BCUT2D eigenvalue weighted by Crippen LogP contribution is 2.20. The Hall–Kier alpha value is -1.83. The molecule has 0 saturated carbocycles. The normalized spacial score (nSPS) is 15.3. The second-order valence-electron chi connectivity index (χ2n) is 6.98. The third-order valence-electron chi connectivity index (χ3n) is 5.04. The lowest BCUT2D eigenvalue weighted by Gasteiger charge is -2.16. The van der Waals surface area contributed by atoms with Crippen molar-refractivity contribution in [3.63, 3.8) is 0 Å². The van der Waals surface area contributed by atoms with Gasteiger partial charge in [0.1, 0.15) is 5.82 Å². The third kappa shape index (κ3) is 6.09. The molecule has 0 amide bonds. The number of aliphatic imine (C=N–C) groups is 1. The van der Waals surface area contributed by atoms with Gasteiger partial charge in [-0.2, -0.15) is 0 Å². The number of halogens is 1. The minimum absolute atomic E-state index is 0. The lowest BCUT2D eigenvalue weighted by molar-refractivity contribution is 0.734. The van der Waals surface area contributed by atoms with E-state index in [1.165, 1.54) is 18.4 Å². The quantitative estimate of drug-likeness (QED) is 0.357. The predicted molar refractivity (Wildman–Crippen MR) is 125 cm³/mol. The van der Waals surface area contributed by atoms with Crippen molar-refractivity contribution in [2.75, 3.05) is 23.3 Å². The second-order valence-corrected chi connectivity index (χ2v) is 6.98. The minimum Gasteiger partial charge on any atom is -0.370 e. The zero-order valence-corrected chi connectivity index (χ0v) is 18.5. The fourth-order valence-corrected chi connectivity index (χ4v) is 3.14. The van der Waals surface area contributed by atoms with Crippen LogP contribution in [-0.4, -0.2) is 24.0 Å². The van der Waals surface area contributed by atoms with Crippen molar-refractivity contribution in [3.05, 3.63) is 53.7 Å². The van der Waals surface area contributed by atoms with Crippen LogP contribution in [0.4, 0.5) is 11.5 Å². The highest BCUT2D eigenvalue weighted by atomic mass is 127. The van der Waals surface area contributed by atoms with Gasteiger partial charge in [-0.1, -0.05) is 32.0 Å². The van der Waals surface area contributed by atoms with Gasteiger partial charge in [0, 0.05) is 25.0 Å². The lowest BCUT2D eigenvalue weighted by Crippen LogP contribution is -2.22. The number of rotatable bonds is 6. The van der Waals surface area contributed by atoms with Crippen molar-refractivity contribution in [2.45, 2.75) is 45.6 Å². The van der Waals surface area contributed by atoms with Crippen LogP contribution in [0, 0.1) is 0 Å². The van der Waals surface area contributed by atoms with E-state index in [2.05, 4.69) is 70.4 Å². The van der Waals surface area contributed by atoms with E-state index in [0.29, 0.717) is 18.4 Å². The molecule has 1 atom stereocenters. The fraction of sp³-hybridized carbons (Fsp3) is 0.429. The van der Waals surface area contributed by atoms with Gasteiger partial charge in [-0.15, -0.1) is 24.0 Å². The Kier molecular flexibility index (Phi) is 8.34. The zero-order valence-electron chi connectivity index (χ0n) is 16.2. The summed E-state index contributed by atoms with van der Waals surface area (Å²) in [5.41, 5.74) is 9.38. The Labute approximate surface area is 179 Å². The predicted octanol–water partition coefficient (Wildman–Crippen LogP) is 4.74. The Morgan fingerprint density at radius 2 is 1.89 bits per heavy atom. The number of hydrogen-bond donors (Lipinski definition) is 2. The standard InChI is InChI=1S/C21H29N5.HI/c1-3-16(2)18-7-9-19(10-8-18)25-21(22)24-15-17-6-11-20(23-14-17)26-12-4-5-13-26;/h6-11,14,16H,3-5,12-13,15H2,1-2H3,(H3,22,24,25);1H. The average Bonchev–Trinajstić information content (AvgIpc) is 3.21. The Balaban J connectivity index is 0.00000261. The van der Waals surface area contributed by atoms with E-state index in [-0.39, 0.29) is 24.0 Å². The topological polar surface area (TPSA) is 66.5 Å². The number of pyridine rings is 1. The largest absolute Gasteiger partial charge is 0.370 e. The van der Waals surface area contributed by atoms with E-state index in [4.69, 9.17) is 5.73 Å². The van der Waals surface area contributed by atoms with Crippen LogP contribution < -0.4 is 16.0 Å².